The second-order valence-corrected chi connectivity index (χ2v) is 6.25. The molecule has 128 valence electrons. The van der Waals surface area contributed by atoms with Gasteiger partial charge in [0.15, 0.2) is 0 Å². The Morgan fingerprint density at radius 1 is 1.20 bits per heavy atom. The molecule has 0 aliphatic carbocycles. The molecule has 4 nitrogen and oxygen atoms in total. The van der Waals surface area contributed by atoms with Crippen LogP contribution in [0.4, 0.5) is 11.4 Å². The largest absolute Gasteiger partial charge is 0.462 e. The molecule has 0 amide bonds. The summed E-state index contributed by atoms with van der Waals surface area (Å²) < 4.78 is 5.16. The zero-order valence-electron chi connectivity index (χ0n) is 13.8. The second-order valence-electron chi connectivity index (χ2n) is 5.46. The molecule has 0 fully saturated rings. The van der Waals surface area contributed by atoms with Crippen LogP contribution in [-0.2, 0) is 4.74 Å². The first-order valence-electron chi connectivity index (χ1n) is 7.79. The predicted octanol–water partition coefficient (Wildman–Crippen LogP) is 5.77. The van der Waals surface area contributed by atoms with Gasteiger partial charge >= 0.3 is 5.97 Å². The number of carbonyl (C=O) groups excluding carboxylic acids is 1. The quantitative estimate of drug-likeness (QED) is 0.588. The molecular formula is C19H16Cl2N2O2. The standard InChI is InChI=1S/C19H16Cl2N2O2/c1-3-25-19(24)13-10-22-18-12(8-9-14(20)16(18)21)17(13)23-15-7-5-4-6-11(15)2/h4-10H,3H2,1-2H3,(H,22,23). The number of ether oxygens (including phenoxy) is 1. The highest BCUT2D eigenvalue weighted by molar-refractivity contribution is 6.45. The number of nitrogens with zero attached hydrogens (tertiary/aromatic N) is 1. The molecule has 2 aromatic carbocycles. The molecule has 0 bridgehead atoms. The fourth-order valence-corrected chi connectivity index (χ4v) is 2.92. The third-order valence-corrected chi connectivity index (χ3v) is 4.62. The summed E-state index contributed by atoms with van der Waals surface area (Å²) in [5.41, 5.74) is 3.39. The zero-order chi connectivity index (χ0) is 18.0. The number of anilines is 2. The minimum atomic E-state index is -0.445. The van der Waals surface area contributed by atoms with E-state index in [1.165, 1.54) is 6.20 Å². The third kappa shape index (κ3) is 3.41. The Kier molecular flexibility index (Phi) is 5.11. The van der Waals surface area contributed by atoms with Gasteiger partial charge < -0.3 is 10.1 Å². The van der Waals surface area contributed by atoms with E-state index >= 15 is 0 Å². The van der Waals surface area contributed by atoms with Crippen LogP contribution in [0.5, 0.6) is 0 Å². The van der Waals surface area contributed by atoms with E-state index in [-0.39, 0.29) is 6.61 Å². The molecule has 0 spiro atoms. The molecule has 0 aliphatic rings. The molecule has 6 heteroatoms. The fourth-order valence-electron chi connectivity index (χ4n) is 2.55. The van der Waals surface area contributed by atoms with Gasteiger partial charge in [-0.2, -0.15) is 0 Å². The Labute approximate surface area is 155 Å². The Hall–Kier alpha value is -2.30. The fraction of sp³-hybridized carbons (Fsp3) is 0.158. The Morgan fingerprint density at radius 2 is 1.96 bits per heavy atom. The van der Waals surface area contributed by atoms with Gasteiger partial charge in [0, 0.05) is 17.3 Å². The molecule has 0 saturated carbocycles. The maximum absolute atomic E-state index is 12.4. The molecule has 0 radical (unpaired) electrons. The first kappa shape index (κ1) is 17.5. The van der Waals surface area contributed by atoms with Crippen LogP contribution in [0.3, 0.4) is 0 Å². The number of pyridine rings is 1. The van der Waals surface area contributed by atoms with Crippen molar-refractivity contribution in [3.05, 3.63) is 63.8 Å². The van der Waals surface area contributed by atoms with Gasteiger partial charge in [0.25, 0.3) is 0 Å². The maximum atomic E-state index is 12.4. The molecule has 25 heavy (non-hydrogen) atoms. The molecule has 0 aliphatic heterocycles. The zero-order valence-corrected chi connectivity index (χ0v) is 15.3. The second kappa shape index (κ2) is 7.30. The van der Waals surface area contributed by atoms with Crippen molar-refractivity contribution < 1.29 is 9.53 Å². The third-order valence-electron chi connectivity index (χ3n) is 3.83. The maximum Gasteiger partial charge on any atom is 0.341 e. The van der Waals surface area contributed by atoms with Crippen LogP contribution in [0.1, 0.15) is 22.8 Å². The van der Waals surface area contributed by atoms with E-state index in [2.05, 4.69) is 10.3 Å². The lowest BCUT2D eigenvalue weighted by atomic mass is 10.1. The van der Waals surface area contributed by atoms with Crippen LogP contribution in [0, 0.1) is 6.92 Å². The number of benzene rings is 2. The number of carbonyl (C=O) groups is 1. The van der Waals surface area contributed by atoms with E-state index < -0.39 is 5.97 Å². The van der Waals surface area contributed by atoms with Crippen molar-refractivity contribution in [3.63, 3.8) is 0 Å². The Bertz CT molecular complexity index is 958. The average Bonchev–Trinajstić information content (AvgIpc) is 2.60. The van der Waals surface area contributed by atoms with Crippen LogP contribution < -0.4 is 5.32 Å². The number of halogens is 2. The molecule has 3 aromatic rings. The van der Waals surface area contributed by atoms with E-state index in [9.17, 15) is 4.79 Å². The summed E-state index contributed by atoms with van der Waals surface area (Å²) in [5, 5.41) is 4.78. The minimum absolute atomic E-state index is 0.280. The lowest BCUT2D eigenvalue weighted by Crippen LogP contribution is -2.09. The van der Waals surface area contributed by atoms with Gasteiger partial charge in [0.2, 0.25) is 0 Å². The van der Waals surface area contributed by atoms with Gasteiger partial charge in [-0.3, -0.25) is 4.98 Å². The number of esters is 1. The summed E-state index contributed by atoms with van der Waals surface area (Å²) in [7, 11) is 0. The summed E-state index contributed by atoms with van der Waals surface area (Å²) in [6, 6.07) is 11.3. The molecule has 0 unspecified atom stereocenters. The van der Waals surface area contributed by atoms with Crippen molar-refractivity contribution >= 4 is 51.4 Å². The van der Waals surface area contributed by atoms with E-state index in [0.29, 0.717) is 32.2 Å². The molecule has 3 rings (SSSR count). The Balaban J connectivity index is 2.24. The molecule has 0 saturated heterocycles. The molecule has 1 aromatic heterocycles. The van der Waals surface area contributed by atoms with E-state index in [0.717, 1.165) is 11.3 Å². The summed E-state index contributed by atoms with van der Waals surface area (Å²) in [5.74, 6) is -0.445. The van der Waals surface area contributed by atoms with Crippen molar-refractivity contribution in [3.8, 4) is 0 Å². The molecule has 1 N–H and O–H groups in total. The monoisotopic (exact) mass is 374 g/mol. The topological polar surface area (TPSA) is 51.2 Å². The number of nitrogens with one attached hydrogen (secondary N) is 1. The molecule has 1 heterocycles. The first-order chi connectivity index (χ1) is 12.0. The van der Waals surface area contributed by atoms with Crippen molar-refractivity contribution in [1.82, 2.24) is 4.98 Å². The summed E-state index contributed by atoms with van der Waals surface area (Å²) in [6.07, 6.45) is 1.46. The SMILES string of the molecule is CCOC(=O)c1cnc2c(Cl)c(Cl)ccc2c1Nc1ccccc1C. The van der Waals surface area contributed by atoms with Crippen molar-refractivity contribution in [1.29, 1.82) is 0 Å². The number of para-hydroxylation sites is 1. The lowest BCUT2D eigenvalue weighted by molar-refractivity contribution is 0.0527. The van der Waals surface area contributed by atoms with Gasteiger partial charge in [-0.05, 0) is 37.6 Å². The van der Waals surface area contributed by atoms with Crippen molar-refractivity contribution in [2.24, 2.45) is 0 Å². The van der Waals surface area contributed by atoms with Gasteiger partial charge in [-0.25, -0.2) is 4.79 Å². The number of fused-ring (bicyclic) bond motifs is 1. The summed E-state index contributed by atoms with van der Waals surface area (Å²) >= 11 is 12.4. The van der Waals surface area contributed by atoms with E-state index in [1.807, 2.05) is 31.2 Å². The smallest absolute Gasteiger partial charge is 0.341 e. The van der Waals surface area contributed by atoms with E-state index in [1.54, 1.807) is 19.1 Å². The number of hydrogen-bond donors (Lipinski definition) is 1. The number of aromatic nitrogens is 1. The van der Waals surface area contributed by atoms with Crippen LogP contribution >= 0.6 is 23.2 Å². The van der Waals surface area contributed by atoms with Crippen LogP contribution in [0.25, 0.3) is 10.9 Å². The summed E-state index contributed by atoms with van der Waals surface area (Å²) in [6.45, 7) is 4.03. The van der Waals surface area contributed by atoms with Gasteiger partial charge in [0.05, 0.1) is 27.9 Å². The van der Waals surface area contributed by atoms with Crippen LogP contribution in [-0.4, -0.2) is 17.6 Å². The van der Waals surface area contributed by atoms with Gasteiger partial charge in [0.1, 0.15) is 5.56 Å². The van der Waals surface area contributed by atoms with E-state index in [4.69, 9.17) is 27.9 Å². The van der Waals surface area contributed by atoms with Crippen LogP contribution in [0.15, 0.2) is 42.6 Å². The lowest BCUT2D eigenvalue weighted by Gasteiger charge is -2.16. The predicted molar refractivity (Wildman–Crippen MR) is 102 cm³/mol. The summed E-state index contributed by atoms with van der Waals surface area (Å²) in [4.78, 5) is 16.7. The average molecular weight is 375 g/mol. The normalized spacial score (nSPS) is 10.7. The first-order valence-corrected chi connectivity index (χ1v) is 8.55. The van der Waals surface area contributed by atoms with Gasteiger partial charge in [-0.15, -0.1) is 0 Å². The Morgan fingerprint density at radius 3 is 2.68 bits per heavy atom. The highest BCUT2D eigenvalue weighted by Gasteiger charge is 2.19. The highest BCUT2D eigenvalue weighted by Crippen LogP contribution is 2.36. The molecule has 0 atom stereocenters. The van der Waals surface area contributed by atoms with Crippen molar-refractivity contribution in [2.75, 3.05) is 11.9 Å². The van der Waals surface area contributed by atoms with Gasteiger partial charge in [-0.1, -0.05) is 41.4 Å². The number of rotatable bonds is 4. The number of aryl methyl sites for hydroxylation is 1. The van der Waals surface area contributed by atoms with Crippen LogP contribution in [0.2, 0.25) is 10.0 Å². The number of hydrogen-bond acceptors (Lipinski definition) is 4. The highest BCUT2D eigenvalue weighted by atomic mass is 35.5. The molecular weight excluding hydrogens is 359 g/mol. The minimum Gasteiger partial charge on any atom is -0.462 e. The van der Waals surface area contributed by atoms with Crippen molar-refractivity contribution in [2.45, 2.75) is 13.8 Å².